The number of rotatable bonds is 2. The minimum absolute atomic E-state index is 0.505. The Hall–Kier alpha value is -2.82. The minimum atomic E-state index is -0.886. The van der Waals surface area contributed by atoms with E-state index in [4.69, 9.17) is 5.73 Å². The summed E-state index contributed by atoms with van der Waals surface area (Å²) in [5.74, 6) is -1.48. The number of hydrogen-bond acceptors (Lipinski definition) is 3. The van der Waals surface area contributed by atoms with Gasteiger partial charge in [-0.3, -0.25) is 9.59 Å². The zero-order chi connectivity index (χ0) is 16.2. The van der Waals surface area contributed by atoms with Crippen molar-refractivity contribution in [3.8, 4) is 11.1 Å². The van der Waals surface area contributed by atoms with Gasteiger partial charge in [-0.25, -0.2) is 0 Å². The van der Waals surface area contributed by atoms with Gasteiger partial charge in [0.25, 0.3) is 0 Å². The van der Waals surface area contributed by atoms with Gasteiger partial charge in [-0.2, -0.15) is 0 Å². The molecule has 0 atom stereocenters. The smallest absolute Gasteiger partial charge is 0.311 e. The number of hydrogen-bond donors (Lipinski definition) is 1. The highest BCUT2D eigenvalue weighted by atomic mass is 16.2. The summed E-state index contributed by atoms with van der Waals surface area (Å²) in [4.78, 5) is 26.4. The lowest BCUT2D eigenvalue weighted by atomic mass is 10.0. The standard InChI is InChI=1S/C18H19N3O2/c19-17(22)18(23)21-12-10-20(11-13-21)16-9-5-4-8-15(16)14-6-2-1-3-7-14/h1-9H,10-13H2,(H2,19,22). The van der Waals surface area contributed by atoms with Crippen molar-refractivity contribution < 1.29 is 9.59 Å². The fourth-order valence-electron chi connectivity index (χ4n) is 2.92. The first-order valence-electron chi connectivity index (χ1n) is 7.65. The van der Waals surface area contributed by atoms with Crippen LogP contribution in [0.25, 0.3) is 11.1 Å². The number of nitrogens with zero attached hydrogens (tertiary/aromatic N) is 2. The molecule has 1 saturated heterocycles. The quantitative estimate of drug-likeness (QED) is 0.855. The molecule has 1 heterocycles. The number of benzene rings is 2. The molecule has 0 radical (unpaired) electrons. The first-order chi connectivity index (χ1) is 11.2. The predicted molar refractivity (Wildman–Crippen MR) is 89.9 cm³/mol. The summed E-state index contributed by atoms with van der Waals surface area (Å²) in [7, 11) is 0. The Bertz CT molecular complexity index is 707. The fourth-order valence-corrected chi connectivity index (χ4v) is 2.92. The molecule has 2 N–H and O–H groups in total. The molecule has 5 nitrogen and oxygen atoms in total. The molecule has 0 spiro atoms. The molecule has 0 unspecified atom stereocenters. The molecule has 1 fully saturated rings. The van der Waals surface area contributed by atoms with E-state index in [1.54, 1.807) is 0 Å². The van der Waals surface area contributed by atoms with E-state index in [0.29, 0.717) is 26.2 Å². The molecule has 3 rings (SSSR count). The van der Waals surface area contributed by atoms with Gasteiger partial charge in [0.2, 0.25) is 0 Å². The predicted octanol–water partition coefficient (Wildman–Crippen LogP) is 1.49. The summed E-state index contributed by atoms with van der Waals surface area (Å²) < 4.78 is 0. The summed E-state index contributed by atoms with van der Waals surface area (Å²) >= 11 is 0. The van der Waals surface area contributed by atoms with Gasteiger partial charge in [0.05, 0.1) is 0 Å². The van der Waals surface area contributed by atoms with Crippen LogP contribution in [0.1, 0.15) is 0 Å². The molecule has 2 aromatic carbocycles. The van der Waals surface area contributed by atoms with Gasteiger partial charge < -0.3 is 15.5 Å². The monoisotopic (exact) mass is 309 g/mol. The highest BCUT2D eigenvalue weighted by molar-refractivity contribution is 6.34. The fraction of sp³-hybridized carbons (Fsp3) is 0.222. The van der Waals surface area contributed by atoms with E-state index in [9.17, 15) is 9.59 Å². The summed E-state index contributed by atoms with van der Waals surface area (Å²) in [5, 5.41) is 0. The average Bonchev–Trinajstić information content (AvgIpc) is 2.62. The van der Waals surface area contributed by atoms with Crippen LogP contribution in [-0.2, 0) is 9.59 Å². The van der Waals surface area contributed by atoms with Crippen LogP contribution in [-0.4, -0.2) is 42.9 Å². The van der Waals surface area contributed by atoms with Gasteiger partial charge in [0.15, 0.2) is 0 Å². The van der Waals surface area contributed by atoms with Crippen molar-refractivity contribution in [3.05, 3.63) is 54.6 Å². The molecule has 118 valence electrons. The number of carbonyl (C=O) groups is 2. The molecular weight excluding hydrogens is 290 g/mol. The number of primary amides is 1. The van der Waals surface area contributed by atoms with Crippen LogP contribution in [0.15, 0.2) is 54.6 Å². The van der Waals surface area contributed by atoms with Gasteiger partial charge in [-0.1, -0.05) is 48.5 Å². The summed E-state index contributed by atoms with van der Waals surface area (Å²) in [6.07, 6.45) is 0. The Morgan fingerprint density at radius 1 is 0.826 bits per heavy atom. The van der Waals surface area contributed by atoms with Gasteiger partial charge in [0.1, 0.15) is 0 Å². The molecule has 0 aromatic heterocycles. The first-order valence-corrected chi connectivity index (χ1v) is 7.65. The summed E-state index contributed by atoms with van der Waals surface area (Å²) in [6.45, 7) is 2.38. The van der Waals surface area contributed by atoms with Gasteiger partial charge in [0, 0.05) is 37.4 Å². The highest BCUT2D eigenvalue weighted by Gasteiger charge is 2.25. The van der Waals surface area contributed by atoms with E-state index in [1.165, 1.54) is 16.0 Å². The first kappa shape index (κ1) is 15.1. The van der Waals surface area contributed by atoms with Crippen LogP contribution in [0.3, 0.4) is 0 Å². The zero-order valence-corrected chi connectivity index (χ0v) is 12.8. The molecule has 23 heavy (non-hydrogen) atoms. The third kappa shape index (κ3) is 3.18. The van der Waals surface area contributed by atoms with Crippen LogP contribution < -0.4 is 10.6 Å². The van der Waals surface area contributed by atoms with Crippen molar-refractivity contribution in [1.82, 2.24) is 4.90 Å². The second kappa shape index (κ2) is 6.52. The molecular formula is C18H19N3O2. The summed E-state index contributed by atoms with van der Waals surface area (Å²) in [6, 6.07) is 18.5. The van der Waals surface area contributed by atoms with Crippen molar-refractivity contribution >= 4 is 17.5 Å². The van der Waals surface area contributed by atoms with Gasteiger partial charge >= 0.3 is 11.8 Å². The van der Waals surface area contributed by atoms with Crippen LogP contribution >= 0.6 is 0 Å². The van der Waals surface area contributed by atoms with Gasteiger partial charge in [-0.05, 0) is 11.6 Å². The summed E-state index contributed by atoms with van der Waals surface area (Å²) in [5.41, 5.74) is 8.55. The number of nitrogens with two attached hydrogens (primary N) is 1. The topological polar surface area (TPSA) is 66.6 Å². The van der Waals surface area contributed by atoms with Crippen molar-refractivity contribution in [2.75, 3.05) is 31.1 Å². The Kier molecular flexibility index (Phi) is 4.28. The maximum absolute atomic E-state index is 11.7. The maximum Gasteiger partial charge on any atom is 0.311 e. The zero-order valence-electron chi connectivity index (χ0n) is 12.8. The maximum atomic E-state index is 11.7. The average molecular weight is 309 g/mol. The van der Waals surface area contributed by atoms with E-state index >= 15 is 0 Å². The van der Waals surface area contributed by atoms with Crippen molar-refractivity contribution in [2.24, 2.45) is 5.73 Å². The number of carbonyl (C=O) groups excluding carboxylic acids is 2. The van der Waals surface area contributed by atoms with E-state index < -0.39 is 11.8 Å². The molecule has 0 saturated carbocycles. The van der Waals surface area contributed by atoms with Crippen LogP contribution in [0.5, 0.6) is 0 Å². The number of amides is 2. The van der Waals surface area contributed by atoms with Crippen LogP contribution in [0.4, 0.5) is 5.69 Å². The Morgan fingerprint density at radius 3 is 2.09 bits per heavy atom. The lowest BCUT2D eigenvalue weighted by Gasteiger charge is -2.36. The van der Waals surface area contributed by atoms with Crippen LogP contribution in [0, 0.1) is 0 Å². The minimum Gasteiger partial charge on any atom is -0.367 e. The normalized spacial score (nSPS) is 14.6. The molecule has 1 aliphatic rings. The molecule has 0 bridgehead atoms. The van der Waals surface area contributed by atoms with Crippen LogP contribution in [0.2, 0.25) is 0 Å². The Balaban J connectivity index is 1.80. The van der Waals surface area contributed by atoms with E-state index in [-0.39, 0.29) is 0 Å². The molecule has 1 aliphatic heterocycles. The van der Waals surface area contributed by atoms with Crippen molar-refractivity contribution in [2.45, 2.75) is 0 Å². The van der Waals surface area contributed by atoms with Gasteiger partial charge in [-0.15, -0.1) is 0 Å². The lowest BCUT2D eigenvalue weighted by Crippen LogP contribution is -2.52. The molecule has 2 aromatic rings. The Morgan fingerprint density at radius 2 is 1.43 bits per heavy atom. The SMILES string of the molecule is NC(=O)C(=O)N1CCN(c2ccccc2-c2ccccc2)CC1. The molecule has 5 heteroatoms. The molecule has 0 aliphatic carbocycles. The van der Waals surface area contributed by atoms with E-state index in [2.05, 4.69) is 29.2 Å². The largest absolute Gasteiger partial charge is 0.367 e. The third-order valence-corrected chi connectivity index (χ3v) is 4.11. The highest BCUT2D eigenvalue weighted by Crippen LogP contribution is 2.31. The Labute approximate surface area is 135 Å². The number of anilines is 1. The number of piperazine rings is 1. The lowest BCUT2D eigenvalue weighted by molar-refractivity contribution is -0.144. The van der Waals surface area contributed by atoms with Crippen molar-refractivity contribution in [1.29, 1.82) is 0 Å². The third-order valence-electron chi connectivity index (χ3n) is 4.11. The second-order valence-corrected chi connectivity index (χ2v) is 5.53. The molecule has 2 amide bonds. The number of para-hydroxylation sites is 1. The second-order valence-electron chi connectivity index (χ2n) is 5.53. The van der Waals surface area contributed by atoms with Crippen molar-refractivity contribution in [3.63, 3.8) is 0 Å². The van der Waals surface area contributed by atoms with E-state index in [1.807, 2.05) is 30.3 Å². The van der Waals surface area contributed by atoms with E-state index in [0.717, 1.165) is 5.69 Å².